The molecule has 78 valence electrons. The first-order valence-electron chi connectivity index (χ1n) is 4.94. The molecule has 1 heterocycles. The molecule has 0 atom stereocenters. The van der Waals surface area contributed by atoms with Gasteiger partial charge in [0.1, 0.15) is 0 Å². The number of ketones is 1. The largest absolute Gasteiger partial charge is 0.357 e. The van der Waals surface area contributed by atoms with Crippen LogP contribution >= 0.6 is 11.6 Å². The Bertz CT molecular complexity index is 528. The molecule has 0 aliphatic carbocycles. The normalized spacial score (nSPS) is 10.9. The van der Waals surface area contributed by atoms with Crippen molar-refractivity contribution in [2.75, 3.05) is 0 Å². The van der Waals surface area contributed by atoms with Crippen LogP contribution in [0.1, 0.15) is 29.9 Å². The standard InChI is InChI=1S/C12H12ClNO/c1-3-10-12(13)9-6-8(7(2)15)4-5-11(9)14-10/h4-6,14H,3H2,1-2H3. The lowest BCUT2D eigenvalue weighted by atomic mass is 10.1. The van der Waals surface area contributed by atoms with Crippen molar-refractivity contribution in [3.05, 3.63) is 34.5 Å². The Kier molecular flexibility index (Phi) is 2.53. The lowest BCUT2D eigenvalue weighted by molar-refractivity contribution is 0.101. The average molecular weight is 222 g/mol. The highest BCUT2D eigenvalue weighted by Crippen LogP contribution is 2.28. The molecule has 1 N–H and O–H groups in total. The zero-order chi connectivity index (χ0) is 11.0. The number of aromatic amines is 1. The van der Waals surface area contributed by atoms with E-state index in [-0.39, 0.29) is 5.78 Å². The monoisotopic (exact) mass is 221 g/mol. The number of halogens is 1. The number of H-pyrrole nitrogens is 1. The third-order valence-electron chi connectivity index (χ3n) is 2.57. The van der Waals surface area contributed by atoms with Gasteiger partial charge in [0.15, 0.2) is 5.78 Å². The summed E-state index contributed by atoms with van der Waals surface area (Å²) in [6.07, 6.45) is 0.864. The van der Waals surface area contributed by atoms with Gasteiger partial charge in [0.2, 0.25) is 0 Å². The van der Waals surface area contributed by atoms with Crippen LogP contribution in [0.15, 0.2) is 18.2 Å². The van der Waals surface area contributed by atoms with E-state index in [0.717, 1.165) is 28.0 Å². The maximum Gasteiger partial charge on any atom is 0.159 e. The van der Waals surface area contributed by atoms with E-state index in [1.165, 1.54) is 0 Å². The predicted molar refractivity (Wildman–Crippen MR) is 62.7 cm³/mol. The Morgan fingerprint density at radius 3 is 2.80 bits per heavy atom. The van der Waals surface area contributed by atoms with Crippen LogP contribution in [0.25, 0.3) is 10.9 Å². The molecule has 0 fully saturated rings. The van der Waals surface area contributed by atoms with Crippen molar-refractivity contribution in [1.82, 2.24) is 4.98 Å². The highest BCUT2D eigenvalue weighted by Gasteiger charge is 2.09. The third kappa shape index (κ3) is 1.65. The van der Waals surface area contributed by atoms with E-state index < -0.39 is 0 Å². The topological polar surface area (TPSA) is 32.9 Å². The van der Waals surface area contributed by atoms with E-state index in [2.05, 4.69) is 4.98 Å². The second kappa shape index (κ2) is 3.70. The quantitative estimate of drug-likeness (QED) is 0.773. The second-order valence-electron chi connectivity index (χ2n) is 3.59. The first kappa shape index (κ1) is 10.2. The lowest BCUT2D eigenvalue weighted by Gasteiger charge is -1.95. The van der Waals surface area contributed by atoms with Crippen LogP contribution in [0, 0.1) is 0 Å². The summed E-state index contributed by atoms with van der Waals surface area (Å²) in [6, 6.07) is 5.56. The third-order valence-corrected chi connectivity index (χ3v) is 3.00. The molecular formula is C12H12ClNO. The number of carbonyl (C=O) groups is 1. The van der Waals surface area contributed by atoms with E-state index in [0.29, 0.717) is 5.56 Å². The smallest absolute Gasteiger partial charge is 0.159 e. The molecule has 0 aliphatic heterocycles. The summed E-state index contributed by atoms with van der Waals surface area (Å²) in [6.45, 7) is 3.60. The number of Topliss-reactive ketones (excluding diaryl/α,β-unsaturated/α-hetero) is 1. The molecule has 2 aromatic rings. The summed E-state index contributed by atoms with van der Waals surface area (Å²) in [7, 11) is 0. The van der Waals surface area contributed by atoms with E-state index in [4.69, 9.17) is 11.6 Å². The van der Waals surface area contributed by atoms with E-state index in [1.54, 1.807) is 6.92 Å². The van der Waals surface area contributed by atoms with Gasteiger partial charge in [0.05, 0.1) is 5.02 Å². The molecule has 0 aliphatic rings. The van der Waals surface area contributed by atoms with Gasteiger partial charge in [-0.25, -0.2) is 0 Å². The molecule has 0 bridgehead atoms. The summed E-state index contributed by atoms with van der Waals surface area (Å²) in [5.74, 6) is 0.0622. The number of carbonyl (C=O) groups excluding carboxylic acids is 1. The lowest BCUT2D eigenvalue weighted by Crippen LogP contribution is -1.90. The van der Waals surface area contributed by atoms with Gasteiger partial charge in [-0.1, -0.05) is 18.5 Å². The van der Waals surface area contributed by atoms with E-state index >= 15 is 0 Å². The summed E-state index contributed by atoms with van der Waals surface area (Å²) in [5, 5.41) is 1.66. The minimum atomic E-state index is 0.0622. The van der Waals surface area contributed by atoms with Gasteiger partial charge in [-0.15, -0.1) is 0 Å². The van der Waals surface area contributed by atoms with Crippen LogP contribution in [-0.2, 0) is 6.42 Å². The molecule has 0 amide bonds. The zero-order valence-corrected chi connectivity index (χ0v) is 9.48. The molecular weight excluding hydrogens is 210 g/mol. The van der Waals surface area contributed by atoms with E-state index in [1.807, 2.05) is 25.1 Å². The van der Waals surface area contributed by atoms with Crippen molar-refractivity contribution in [1.29, 1.82) is 0 Å². The van der Waals surface area contributed by atoms with Crippen LogP contribution < -0.4 is 0 Å². The summed E-state index contributed by atoms with van der Waals surface area (Å²) >= 11 is 6.19. The first-order valence-corrected chi connectivity index (χ1v) is 5.32. The maximum absolute atomic E-state index is 11.2. The molecule has 15 heavy (non-hydrogen) atoms. The van der Waals surface area contributed by atoms with E-state index in [9.17, 15) is 4.79 Å². The van der Waals surface area contributed by atoms with Gasteiger partial charge in [-0.2, -0.15) is 0 Å². The summed E-state index contributed by atoms with van der Waals surface area (Å²) in [4.78, 5) is 14.5. The van der Waals surface area contributed by atoms with Crippen LogP contribution in [-0.4, -0.2) is 10.8 Å². The van der Waals surface area contributed by atoms with Crippen molar-refractivity contribution < 1.29 is 4.79 Å². The molecule has 0 unspecified atom stereocenters. The molecule has 0 spiro atoms. The van der Waals surface area contributed by atoms with Crippen LogP contribution in [0.4, 0.5) is 0 Å². The highest BCUT2D eigenvalue weighted by molar-refractivity contribution is 6.36. The van der Waals surface area contributed by atoms with Gasteiger partial charge in [0, 0.05) is 22.2 Å². The molecule has 0 saturated carbocycles. The number of fused-ring (bicyclic) bond motifs is 1. The van der Waals surface area contributed by atoms with Crippen molar-refractivity contribution in [3.8, 4) is 0 Å². The Balaban J connectivity index is 2.70. The number of benzene rings is 1. The van der Waals surface area contributed by atoms with Gasteiger partial charge in [-0.3, -0.25) is 4.79 Å². The van der Waals surface area contributed by atoms with Crippen molar-refractivity contribution in [2.24, 2.45) is 0 Å². The second-order valence-corrected chi connectivity index (χ2v) is 3.97. The van der Waals surface area contributed by atoms with Crippen LogP contribution in [0.3, 0.4) is 0 Å². The fourth-order valence-corrected chi connectivity index (χ4v) is 2.01. The van der Waals surface area contributed by atoms with Crippen LogP contribution in [0.2, 0.25) is 5.02 Å². The number of aryl methyl sites for hydroxylation is 1. The van der Waals surface area contributed by atoms with Gasteiger partial charge >= 0.3 is 0 Å². The Morgan fingerprint density at radius 2 is 2.20 bits per heavy atom. The van der Waals surface area contributed by atoms with Gasteiger partial charge in [0.25, 0.3) is 0 Å². The Morgan fingerprint density at radius 1 is 1.47 bits per heavy atom. The zero-order valence-electron chi connectivity index (χ0n) is 8.73. The molecule has 2 nitrogen and oxygen atoms in total. The van der Waals surface area contributed by atoms with Crippen molar-refractivity contribution in [3.63, 3.8) is 0 Å². The fraction of sp³-hybridized carbons (Fsp3) is 0.250. The number of nitrogens with one attached hydrogen (secondary N) is 1. The average Bonchev–Trinajstić information content (AvgIpc) is 2.55. The minimum Gasteiger partial charge on any atom is -0.357 e. The first-order chi connectivity index (χ1) is 7.13. The Labute approximate surface area is 93.2 Å². The molecule has 2 rings (SSSR count). The molecule has 3 heteroatoms. The molecule has 0 saturated heterocycles. The molecule has 1 aromatic carbocycles. The number of hydrogen-bond donors (Lipinski definition) is 1. The molecule has 1 aromatic heterocycles. The summed E-state index contributed by atoms with van der Waals surface area (Å²) < 4.78 is 0. The predicted octanol–water partition coefficient (Wildman–Crippen LogP) is 3.59. The number of aromatic nitrogens is 1. The fourth-order valence-electron chi connectivity index (χ4n) is 1.68. The summed E-state index contributed by atoms with van der Waals surface area (Å²) in [5.41, 5.74) is 2.71. The molecule has 0 radical (unpaired) electrons. The SMILES string of the molecule is CCc1[nH]c2ccc(C(C)=O)cc2c1Cl. The highest BCUT2D eigenvalue weighted by atomic mass is 35.5. The Hall–Kier alpha value is -1.28. The minimum absolute atomic E-state index is 0.0622. The number of hydrogen-bond acceptors (Lipinski definition) is 1. The van der Waals surface area contributed by atoms with Crippen LogP contribution in [0.5, 0.6) is 0 Å². The maximum atomic E-state index is 11.2. The van der Waals surface area contributed by atoms with Crippen molar-refractivity contribution in [2.45, 2.75) is 20.3 Å². The van der Waals surface area contributed by atoms with Gasteiger partial charge < -0.3 is 4.98 Å². The number of rotatable bonds is 2. The van der Waals surface area contributed by atoms with Gasteiger partial charge in [-0.05, 0) is 31.5 Å². The van der Waals surface area contributed by atoms with Crippen molar-refractivity contribution >= 4 is 28.3 Å².